The molecule has 0 saturated carbocycles. The monoisotopic (exact) mass is 365 g/mol. The van der Waals surface area contributed by atoms with Crippen molar-refractivity contribution < 1.29 is 0 Å². The lowest BCUT2D eigenvalue weighted by Gasteiger charge is -2.28. The van der Waals surface area contributed by atoms with E-state index in [2.05, 4.69) is 114 Å². The van der Waals surface area contributed by atoms with E-state index in [9.17, 15) is 0 Å². The van der Waals surface area contributed by atoms with Crippen LogP contribution in [0.25, 0.3) is 33.8 Å². The fourth-order valence-corrected chi connectivity index (χ4v) is 4.05. The van der Waals surface area contributed by atoms with E-state index in [0.717, 1.165) is 16.9 Å². The highest BCUT2D eigenvalue weighted by Crippen LogP contribution is 2.37. The highest BCUT2D eigenvalue weighted by atomic mass is 15.3. The van der Waals surface area contributed by atoms with E-state index in [1.165, 1.54) is 27.8 Å². The van der Waals surface area contributed by atoms with Gasteiger partial charge in [0.2, 0.25) is 0 Å². The Labute approximate surface area is 165 Å². The third-order valence-electron chi connectivity index (χ3n) is 5.60. The quantitative estimate of drug-likeness (QED) is 0.476. The lowest BCUT2D eigenvalue weighted by atomic mass is 10.00. The van der Waals surface area contributed by atoms with Crippen LogP contribution in [0.3, 0.4) is 0 Å². The number of anilines is 1. The average Bonchev–Trinajstić information content (AvgIpc) is 3.07. The molecule has 0 saturated heterocycles. The first-order chi connectivity index (χ1) is 13.7. The minimum atomic E-state index is 0.171. The molecule has 2 heterocycles. The first-order valence-corrected chi connectivity index (χ1v) is 9.69. The second kappa shape index (κ2) is 6.61. The zero-order valence-corrected chi connectivity index (χ0v) is 16.1. The molecular weight excluding hydrogens is 342 g/mol. The van der Waals surface area contributed by atoms with Gasteiger partial charge in [-0.25, -0.2) is 0 Å². The molecule has 0 aliphatic carbocycles. The van der Waals surface area contributed by atoms with Gasteiger partial charge in [-0.3, -0.25) is 0 Å². The van der Waals surface area contributed by atoms with Crippen molar-refractivity contribution in [3.05, 3.63) is 90.1 Å². The zero-order chi connectivity index (χ0) is 19.1. The second-order valence-electron chi connectivity index (χ2n) is 7.33. The predicted molar refractivity (Wildman–Crippen MR) is 119 cm³/mol. The molecule has 1 aromatic heterocycles. The fourth-order valence-electron chi connectivity index (χ4n) is 4.05. The SMILES string of the molecule is CC1NC(c2[nH]c3ccccc3c2-c2ccccc2)=Cc2ccccc2N1C. The van der Waals surface area contributed by atoms with Crippen molar-refractivity contribution in [2.45, 2.75) is 13.1 Å². The van der Waals surface area contributed by atoms with Gasteiger partial charge in [-0.05, 0) is 36.3 Å². The summed E-state index contributed by atoms with van der Waals surface area (Å²) in [6.07, 6.45) is 2.43. The predicted octanol–water partition coefficient (Wildman–Crippen LogP) is 5.72. The Balaban J connectivity index is 1.77. The lowest BCUT2D eigenvalue weighted by Crippen LogP contribution is -2.39. The molecule has 0 spiro atoms. The minimum Gasteiger partial charge on any atom is -0.364 e. The first-order valence-electron chi connectivity index (χ1n) is 9.69. The van der Waals surface area contributed by atoms with Crippen molar-refractivity contribution in [1.82, 2.24) is 10.3 Å². The summed E-state index contributed by atoms with van der Waals surface area (Å²) in [6.45, 7) is 2.20. The number of fused-ring (bicyclic) bond motifs is 2. The van der Waals surface area contributed by atoms with E-state index >= 15 is 0 Å². The van der Waals surface area contributed by atoms with Crippen molar-refractivity contribution in [1.29, 1.82) is 0 Å². The molecule has 0 bridgehead atoms. The third-order valence-corrected chi connectivity index (χ3v) is 5.60. The summed E-state index contributed by atoms with van der Waals surface area (Å²) in [4.78, 5) is 5.96. The summed E-state index contributed by atoms with van der Waals surface area (Å²) >= 11 is 0. The van der Waals surface area contributed by atoms with Gasteiger partial charge in [0.15, 0.2) is 0 Å². The third kappa shape index (κ3) is 2.67. The van der Waals surface area contributed by atoms with Gasteiger partial charge in [0, 0.05) is 29.2 Å². The molecular formula is C25H23N3. The van der Waals surface area contributed by atoms with E-state index < -0.39 is 0 Å². The molecule has 0 radical (unpaired) electrons. The number of benzene rings is 3. The smallest absolute Gasteiger partial charge is 0.0958 e. The van der Waals surface area contributed by atoms with E-state index in [4.69, 9.17) is 0 Å². The van der Waals surface area contributed by atoms with Crippen molar-refractivity contribution in [2.24, 2.45) is 0 Å². The minimum absolute atomic E-state index is 0.171. The topological polar surface area (TPSA) is 31.1 Å². The van der Waals surface area contributed by atoms with Gasteiger partial charge in [0.25, 0.3) is 0 Å². The molecule has 1 unspecified atom stereocenters. The molecule has 3 heteroatoms. The Bertz CT molecular complexity index is 1170. The van der Waals surface area contributed by atoms with Crippen LogP contribution in [0, 0.1) is 0 Å². The zero-order valence-electron chi connectivity index (χ0n) is 16.1. The van der Waals surface area contributed by atoms with Crippen LogP contribution < -0.4 is 10.2 Å². The molecule has 28 heavy (non-hydrogen) atoms. The number of H-pyrrole nitrogens is 1. The van der Waals surface area contributed by atoms with Crippen molar-refractivity contribution in [2.75, 3.05) is 11.9 Å². The molecule has 1 aliphatic rings. The number of para-hydroxylation sites is 2. The molecule has 1 aliphatic heterocycles. The van der Waals surface area contributed by atoms with Crippen LogP contribution in [0.5, 0.6) is 0 Å². The maximum atomic E-state index is 3.72. The van der Waals surface area contributed by atoms with E-state index in [0.29, 0.717) is 0 Å². The summed E-state index contributed by atoms with van der Waals surface area (Å²) in [7, 11) is 2.14. The molecule has 4 aromatic rings. The summed E-state index contributed by atoms with van der Waals surface area (Å²) in [6, 6.07) is 27.7. The van der Waals surface area contributed by atoms with Gasteiger partial charge < -0.3 is 15.2 Å². The van der Waals surface area contributed by atoms with Crippen molar-refractivity contribution in [3.8, 4) is 11.1 Å². The summed E-state index contributed by atoms with van der Waals surface area (Å²) < 4.78 is 0. The van der Waals surface area contributed by atoms with Crippen LogP contribution in [0.1, 0.15) is 18.2 Å². The van der Waals surface area contributed by atoms with Crippen LogP contribution in [0.4, 0.5) is 5.69 Å². The molecule has 5 rings (SSSR count). The largest absolute Gasteiger partial charge is 0.364 e. The molecule has 1 atom stereocenters. The Morgan fingerprint density at radius 3 is 2.39 bits per heavy atom. The lowest BCUT2D eigenvalue weighted by molar-refractivity contribution is 0.640. The van der Waals surface area contributed by atoms with Crippen LogP contribution in [-0.2, 0) is 0 Å². The number of nitrogens with one attached hydrogen (secondary N) is 2. The maximum Gasteiger partial charge on any atom is 0.0958 e. The Hall–Kier alpha value is -3.46. The van der Waals surface area contributed by atoms with E-state index in [1.807, 2.05) is 0 Å². The van der Waals surface area contributed by atoms with Gasteiger partial charge in [-0.1, -0.05) is 66.7 Å². The number of aromatic nitrogens is 1. The second-order valence-corrected chi connectivity index (χ2v) is 7.33. The number of hydrogen-bond donors (Lipinski definition) is 2. The number of rotatable bonds is 2. The van der Waals surface area contributed by atoms with Gasteiger partial charge in [0.1, 0.15) is 0 Å². The molecule has 2 N–H and O–H groups in total. The summed E-state index contributed by atoms with van der Waals surface area (Å²) in [5, 5.41) is 4.96. The van der Waals surface area contributed by atoms with Crippen LogP contribution in [0.15, 0.2) is 78.9 Å². The highest BCUT2D eigenvalue weighted by molar-refractivity contribution is 6.03. The molecule has 3 nitrogen and oxygen atoms in total. The fraction of sp³-hybridized carbons (Fsp3) is 0.120. The first kappa shape index (κ1) is 16.7. The number of nitrogens with zero attached hydrogens (tertiary/aromatic N) is 1. The van der Waals surface area contributed by atoms with E-state index in [1.54, 1.807) is 0 Å². The molecule has 0 amide bonds. The van der Waals surface area contributed by atoms with Gasteiger partial charge in [-0.2, -0.15) is 0 Å². The van der Waals surface area contributed by atoms with Crippen molar-refractivity contribution in [3.63, 3.8) is 0 Å². The van der Waals surface area contributed by atoms with E-state index in [-0.39, 0.29) is 6.17 Å². The van der Waals surface area contributed by atoms with Crippen LogP contribution >= 0.6 is 0 Å². The van der Waals surface area contributed by atoms with Crippen LogP contribution in [0.2, 0.25) is 0 Å². The van der Waals surface area contributed by atoms with Gasteiger partial charge in [0.05, 0.1) is 17.6 Å². The Kier molecular flexibility index (Phi) is 3.94. The van der Waals surface area contributed by atoms with Crippen molar-refractivity contribution >= 4 is 28.4 Å². The molecule has 138 valence electrons. The molecule has 0 fully saturated rings. The normalized spacial score (nSPS) is 16.3. The van der Waals surface area contributed by atoms with Crippen LogP contribution in [-0.4, -0.2) is 18.2 Å². The summed E-state index contributed by atoms with van der Waals surface area (Å²) in [5.41, 5.74) is 8.30. The van der Waals surface area contributed by atoms with Gasteiger partial charge in [-0.15, -0.1) is 0 Å². The summed E-state index contributed by atoms with van der Waals surface area (Å²) in [5.74, 6) is 0. The highest BCUT2D eigenvalue weighted by Gasteiger charge is 2.22. The standard InChI is InChI=1S/C25H23N3/c1-17-26-22(16-19-12-6-9-15-23(19)28(17)2)25-24(18-10-4-3-5-11-18)20-13-7-8-14-21(20)27-25/h3-17,26-27H,1-2H3. The van der Waals surface area contributed by atoms with Gasteiger partial charge >= 0.3 is 0 Å². The number of hydrogen-bond acceptors (Lipinski definition) is 2. The number of aromatic amines is 1. The Morgan fingerprint density at radius 2 is 1.54 bits per heavy atom. The molecule has 3 aromatic carbocycles. The Morgan fingerprint density at radius 1 is 0.821 bits per heavy atom. The maximum absolute atomic E-state index is 3.72. The average molecular weight is 365 g/mol.